The lowest BCUT2D eigenvalue weighted by Crippen LogP contribution is -2.54. The van der Waals surface area contributed by atoms with Crippen LogP contribution in [0.3, 0.4) is 0 Å². The SMILES string of the molecule is CCN1C(C)C(C)O[C@@H](OCc2ccccc2)[C@@H]1c1ccccc1. The Labute approximate surface area is 145 Å². The molecule has 0 spiro atoms. The Morgan fingerprint density at radius 3 is 2.21 bits per heavy atom. The van der Waals surface area contributed by atoms with Gasteiger partial charge in [0.2, 0.25) is 0 Å². The summed E-state index contributed by atoms with van der Waals surface area (Å²) in [4.78, 5) is 2.49. The minimum absolute atomic E-state index is 0.117. The van der Waals surface area contributed by atoms with Gasteiger partial charge in [-0.1, -0.05) is 67.6 Å². The van der Waals surface area contributed by atoms with E-state index in [0.29, 0.717) is 12.6 Å². The van der Waals surface area contributed by atoms with Gasteiger partial charge in [-0.3, -0.25) is 4.90 Å². The zero-order chi connectivity index (χ0) is 16.9. The molecule has 4 atom stereocenters. The van der Waals surface area contributed by atoms with Gasteiger partial charge in [0.1, 0.15) is 0 Å². The molecule has 1 aliphatic heterocycles. The summed E-state index contributed by atoms with van der Waals surface area (Å²) in [7, 11) is 0. The van der Waals surface area contributed by atoms with E-state index in [9.17, 15) is 0 Å². The molecule has 3 nitrogen and oxygen atoms in total. The van der Waals surface area contributed by atoms with Gasteiger partial charge in [0.15, 0.2) is 6.29 Å². The summed E-state index contributed by atoms with van der Waals surface area (Å²) in [6, 6.07) is 21.3. The quantitative estimate of drug-likeness (QED) is 0.813. The van der Waals surface area contributed by atoms with Crippen LogP contribution in [0, 0.1) is 0 Å². The molecule has 0 aromatic heterocycles. The molecule has 0 aliphatic carbocycles. The second kappa shape index (κ2) is 7.93. The van der Waals surface area contributed by atoms with Crippen molar-refractivity contribution in [2.45, 2.75) is 51.9 Å². The highest BCUT2D eigenvalue weighted by Gasteiger charge is 2.40. The van der Waals surface area contributed by atoms with Gasteiger partial charge in [0, 0.05) is 6.04 Å². The van der Waals surface area contributed by atoms with E-state index in [1.165, 1.54) is 11.1 Å². The Morgan fingerprint density at radius 2 is 1.58 bits per heavy atom. The van der Waals surface area contributed by atoms with Crippen LogP contribution in [-0.2, 0) is 16.1 Å². The van der Waals surface area contributed by atoms with E-state index in [2.05, 4.69) is 68.1 Å². The highest BCUT2D eigenvalue weighted by atomic mass is 16.7. The number of rotatable bonds is 5. The summed E-state index contributed by atoms with van der Waals surface area (Å²) >= 11 is 0. The average Bonchev–Trinajstić information content (AvgIpc) is 2.63. The molecule has 0 saturated carbocycles. The molecule has 2 unspecified atom stereocenters. The minimum Gasteiger partial charge on any atom is -0.346 e. The lowest BCUT2D eigenvalue weighted by molar-refractivity contribution is -0.254. The monoisotopic (exact) mass is 325 g/mol. The van der Waals surface area contributed by atoms with Crippen LogP contribution >= 0.6 is 0 Å². The summed E-state index contributed by atoms with van der Waals surface area (Å²) < 4.78 is 12.5. The zero-order valence-electron chi connectivity index (χ0n) is 14.8. The third-order valence-electron chi connectivity index (χ3n) is 4.93. The van der Waals surface area contributed by atoms with Crippen molar-refractivity contribution in [2.24, 2.45) is 0 Å². The Hall–Kier alpha value is -1.68. The minimum atomic E-state index is -0.265. The maximum Gasteiger partial charge on any atom is 0.177 e. The first-order chi connectivity index (χ1) is 11.7. The Kier molecular flexibility index (Phi) is 5.67. The van der Waals surface area contributed by atoms with Crippen molar-refractivity contribution < 1.29 is 9.47 Å². The molecule has 24 heavy (non-hydrogen) atoms. The van der Waals surface area contributed by atoms with E-state index in [4.69, 9.17) is 9.47 Å². The third kappa shape index (κ3) is 3.69. The summed E-state index contributed by atoms with van der Waals surface area (Å²) in [6.45, 7) is 8.11. The number of hydrogen-bond donors (Lipinski definition) is 0. The molecular weight excluding hydrogens is 298 g/mol. The highest BCUT2D eigenvalue weighted by molar-refractivity contribution is 5.21. The van der Waals surface area contributed by atoms with Gasteiger partial charge >= 0.3 is 0 Å². The number of benzene rings is 2. The summed E-state index contributed by atoms with van der Waals surface area (Å²) in [6.07, 6.45) is -0.121. The molecule has 0 bridgehead atoms. The number of morpholine rings is 1. The van der Waals surface area contributed by atoms with Crippen LogP contribution in [0.5, 0.6) is 0 Å². The number of ether oxygens (including phenoxy) is 2. The molecule has 3 heteroatoms. The predicted octanol–water partition coefficient (Wildman–Crippen LogP) is 4.40. The maximum absolute atomic E-state index is 6.26. The smallest absolute Gasteiger partial charge is 0.177 e. The van der Waals surface area contributed by atoms with Crippen molar-refractivity contribution in [3.63, 3.8) is 0 Å². The van der Waals surface area contributed by atoms with Gasteiger partial charge in [-0.05, 0) is 31.5 Å². The Bertz CT molecular complexity index is 616. The first-order valence-corrected chi connectivity index (χ1v) is 8.82. The van der Waals surface area contributed by atoms with Gasteiger partial charge in [-0.15, -0.1) is 0 Å². The predicted molar refractivity (Wildman–Crippen MR) is 96.6 cm³/mol. The molecule has 2 aromatic carbocycles. The highest BCUT2D eigenvalue weighted by Crippen LogP contribution is 2.35. The zero-order valence-corrected chi connectivity index (χ0v) is 14.8. The summed E-state index contributed by atoms with van der Waals surface area (Å²) in [5, 5.41) is 0. The normalized spacial score (nSPS) is 28.0. The second-order valence-electron chi connectivity index (χ2n) is 6.43. The van der Waals surface area contributed by atoms with E-state index in [1.807, 2.05) is 18.2 Å². The summed E-state index contributed by atoms with van der Waals surface area (Å²) in [5.41, 5.74) is 2.42. The summed E-state index contributed by atoms with van der Waals surface area (Å²) in [5.74, 6) is 0. The van der Waals surface area contributed by atoms with E-state index in [-0.39, 0.29) is 18.4 Å². The molecule has 0 radical (unpaired) electrons. The van der Waals surface area contributed by atoms with Gasteiger partial charge in [0.05, 0.1) is 18.8 Å². The molecule has 3 rings (SSSR count). The number of hydrogen-bond acceptors (Lipinski definition) is 3. The molecular formula is C21H27NO2. The molecule has 1 saturated heterocycles. The van der Waals surface area contributed by atoms with Crippen LogP contribution in [0.4, 0.5) is 0 Å². The first kappa shape index (κ1) is 17.2. The standard InChI is InChI=1S/C21H27NO2/c1-4-22-16(2)17(3)24-21(20(22)19-13-9-6-10-14-19)23-15-18-11-7-5-8-12-18/h5-14,16-17,20-21H,4,15H2,1-3H3/t16?,17?,20-,21+/m0/s1. The van der Waals surface area contributed by atoms with E-state index in [1.54, 1.807) is 0 Å². The van der Waals surface area contributed by atoms with Crippen molar-refractivity contribution in [3.05, 3.63) is 71.8 Å². The lowest BCUT2D eigenvalue weighted by atomic mass is 9.98. The van der Waals surface area contributed by atoms with Crippen LogP contribution in [0.15, 0.2) is 60.7 Å². The number of likely N-dealkylation sites (N-methyl/N-ethyl adjacent to an activating group) is 1. The van der Waals surface area contributed by atoms with Gasteiger partial charge in [0.25, 0.3) is 0 Å². The van der Waals surface area contributed by atoms with Gasteiger partial charge < -0.3 is 9.47 Å². The van der Waals surface area contributed by atoms with Crippen LogP contribution in [-0.4, -0.2) is 29.9 Å². The van der Waals surface area contributed by atoms with Crippen LogP contribution in [0.25, 0.3) is 0 Å². The largest absolute Gasteiger partial charge is 0.346 e. The fourth-order valence-corrected chi connectivity index (χ4v) is 3.45. The van der Waals surface area contributed by atoms with Crippen LogP contribution in [0.2, 0.25) is 0 Å². The maximum atomic E-state index is 6.26. The fraction of sp³-hybridized carbons (Fsp3) is 0.429. The molecule has 1 aliphatic rings. The molecule has 0 N–H and O–H groups in total. The molecule has 128 valence electrons. The van der Waals surface area contributed by atoms with E-state index in [0.717, 1.165) is 6.54 Å². The van der Waals surface area contributed by atoms with Crippen molar-refractivity contribution in [1.29, 1.82) is 0 Å². The van der Waals surface area contributed by atoms with Crippen LogP contribution < -0.4 is 0 Å². The molecule has 0 amide bonds. The van der Waals surface area contributed by atoms with Gasteiger partial charge in [-0.2, -0.15) is 0 Å². The van der Waals surface area contributed by atoms with Crippen molar-refractivity contribution in [3.8, 4) is 0 Å². The Balaban J connectivity index is 1.83. The lowest BCUT2D eigenvalue weighted by Gasteiger charge is -2.47. The van der Waals surface area contributed by atoms with Crippen molar-refractivity contribution in [2.75, 3.05) is 6.54 Å². The van der Waals surface area contributed by atoms with Crippen molar-refractivity contribution >= 4 is 0 Å². The molecule has 1 heterocycles. The molecule has 2 aromatic rings. The number of nitrogens with zero attached hydrogens (tertiary/aromatic N) is 1. The topological polar surface area (TPSA) is 21.7 Å². The van der Waals surface area contributed by atoms with E-state index < -0.39 is 0 Å². The van der Waals surface area contributed by atoms with Gasteiger partial charge in [-0.25, -0.2) is 0 Å². The third-order valence-corrected chi connectivity index (χ3v) is 4.93. The molecule has 1 fully saturated rings. The second-order valence-corrected chi connectivity index (χ2v) is 6.43. The first-order valence-electron chi connectivity index (χ1n) is 8.82. The average molecular weight is 325 g/mol. The van der Waals surface area contributed by atoms with Crippen molar-refractivity contribution in [1.82, 2.24) is 4.90 Å². The Morgan fingerprint density at radius 1 is 0.958 bits per heavy atom. The van der Waals surface area contributed by atoms with E-state index >= 15 is 0 Å². The fourth-order valence-electron chi connectivity index (χ4n) is 3.45. The van der Waals surface area contributed by atoms with Crippen LogP contribution in [0.1, 0.15) is 37.9 Å².